The molecule has 0 unspecified atom stereocenters. The molecule has 0 spiro atoms. The standard InChI is InChI=1S/C26H18N4O2/c31-25-20-16-4-5-17(12-16)21(20)26(32)30(25)19-9-7-15(8-10-19)24-28-13-18-6-3-14-2-1-11-27-22(14)23(18)29-24/h1-11,13,16-17,20-21H,12H2/t16-,17+,20-,21+. The van der Waals surface area contributed by atoms with Gasteiger partial charge in [0.1, 0.15) is 5.52 Å². The highest BCUT2D eigenvalue weighted by Crippen LogP contribution is 2.53. The average Bonchev–Trinajstić information content (AvgIpc) is 3.52. The quantitative estimate of drug-likeness (QED) is 0.278. The lowest BCUT2D eigenvalue weighted by atomic mass is 9.85. The Hall–Kier alpha value is -3.93. The van der Waals surface area contributed by atoms with E-state index in [0.29, 0.717) is 11.5 Å². The number of anilines is 1. The van der Waals surface area contributed by atoms with Crippen molar-refractivity contribution >= 4 is 39.3 Å². The molecule has 3 heterocycles. The second-order valence-electron chi connectivity index (χ2n) is 8.83. The van der Waals surface area contributed by atoms with E-state index in [0.717, 1.165) is 33.8 Å². The smallest absolute Gasteiger partial charge is 0.238 e. The number of nitrogens with zero attached hydrogens (tertiary/aromatic N) is 4. The summed E-state index contributed by atoms with van der Waals surface area (Å²) in [5, 5.41) is 1.96. The third-order valence-electron chi connectivity index (χ3n) is 7.18. The second-order valence-corrected chi connectivity index (χ2v) is 8.83. The molecule has 3 aliphatic rings. The van der Waals surface area contributed by atoms with Crippen LogP contribution in [0.25, 0.3) is 33.2 Å². The minimum absolute atomic E-state index is 0.0656. The zero-order valence-electron chi connectivity index (χ0n) is 17.1. The van der Waals surface area contributed by atoms with E-state index >= 15 is 0 Å². The lowest BCUT2D eigenvalue weighted by Crippen LogP contribution is -2.32. The van der Waals surface area contributed by atoms with Crippen molar-refractivity contribution in [3.05, 3.63) is 73.1 Å². The Morgan fingerprint density at radius 2 is 1.50 bits per heavy atom. The molecular formula is C26H18N4O2. The molecule has 2 bridgehead atoms. The van der Waals surface area contributed by atoms with Crippen LogP contribution < -0.4 is 4.90 Å². The van der Waals surface area contributed by atoms with E-state index in [4.69, 9.17) is 4.98 Å². The van der Waals surface area contributed by atoms with Crippen LogP contribution in [0.1, 0.15) is 6.42 Å². The van der Waals surface area contributed by atoms with Gasteiger partial charge in [0, 0.05) is 28.7 Å². The largest absolute Gasteiger partial charge is 0.274 e. The molecule has 0 N–H and O–H groups in total. The number of carbonyl (C=O) groups excluding carboxylic acids is 2. The van der Waals surface area contributed by atoms with E-state index in [2.05, 4.69) is 22.1 Å². The molecule has 154 valence electrons. The maximum atomic E-state index is 13.1. The van der Waals surface area contributed by atoms with Crippen LogP contribution in [0.3, 0.4) is 0 Å². The highest BCUT2D eigenvalue weighted by atomic mass is 16.2. The molecule has 2 aliphatic carbocycles. The number of imide groups is 1. The van der Waals surface area contributed by atoms with Crippen molar-refractivity contribution in [2.75, 3.05) is 4.90 Å². The van der Waals surface area contributed by atoms with Crippen molar-refractivity contribution in [2.45, 2.75) is 6.42 Å². The number of fused-ring (bicyclic) bond motifs is 8. The molecule has 1 saturated carbocycles. The first-order valence-electron chi connectivity index (χ1n) is 10.9. The second kappa shape index (κ2) is 6.29. The maximum Gasteiger partial charge on any atom is 0.238 e. The van der Waals surface area contributed by atoms with Gasteiger partial charge in [0.15, 0.2) is 5.82 Å². The maximum absolute atomic E-state index is 13.1. The highest BCUT2D eigenvalue weighted by Gasteiger charge is 2.59. The number of benzene rings is 2. The van der Waals surface area contributed by atoms with E-state index in [-0.39, 0.29) is 35.5 Å². The fraction of sp³-hybridized carbons (Fsp3) is 0.192. The van der Waals surface area contributed by atoms with Crippen molar-refractivity contribution in [3.63, 3.8) is 0 Å². The molecule has 0 radical (unpaired) electrons. The summed E-state index contributed by atoms with van der Waals surface area (Å²) in [4.78, 5) is 41.3. The SMILES string of the molecule is O=C1[C@@H]2[C@H](C(=O)N1c1ccc(-c3ncc4ccc5cccnc5c4n3)cc1)[C@@H]1C=C[C@H]2C1. The Morgan fingerprint density at radius 3 is 2.25 bits per heavy atom. The first-order chi connectivity index (χ1) is 15.7. The Bertz CT molecular complexity index is 1450. The first kappa shape index (κ1) is 17.7. The normalized spacial score (nSPS) is 25.9. The minimum atomic E-state index is -0.193. The number of hydrogen-bond acceptors (Lipinski definition) is 5. The van der Waals surface area contributed by atoms with Crippen LogP contribution in [-0.4, -0.2) is 26.8 Å². The van der Waals surface area contributed by atoms with Crippen molar-refractivity contribution in [2.24, 2.45) is 23.7 Å². The summed E-state index contributed by atoms with van der Waals surface area (Å²) in [6.07, 6.45) is 8.72. The summed E-state index contributed by atoms with van der Waals surface area (Å²) < 4.78 is 0. The van der Waals surface area contributed by atoms with Gasteiger partial charge in [0.25, 0.3) is 0 Å². The molecule has 6 heteroatoms. The molecule has 4 aromatic rings. The summed E-state index contributed by atoms with van der Waals surface area (Å²) in [5.41, 5.74) is 3.08. The van der Waals surface area contributed by atoms with Gasteiger partial charge in [0.2, 0.25) is 11.8 Å². The van der Waals surface area contributed by atoms with Crippen LogP contribution in [0.4, 0.5) is 5.69 Å². The predicted molar refractivity (Wildman–Crippen MR) is 120 cm³/mol. The number of carbonyl (C=O) groups is 2. The van der Waals surface area contributed by atoms with Crippen molar-refractivity contribution < 1.29 is 9.59 Å². The fourth-order valence-corrected chi connectivity index (χ4v) is 5.69. The first-order valence-corrected chi connectivity index (χ1v) is 10.9. The molecule has 7 rings (SSSR count). The molecule has 2 aromatic heterocycles. The third kappa shape index (κ3) is 2.32. The van der Waals surface area contributed by atoms with Crippen LogP contribution in [0.5, 0.6) is 0 Å². The van der Waals surface area contributed by atoms with Gasteiger partial charge in [-0.15, -0.1) is 0 Å². The Kier molecular flexibility index (Phi) is 3.48. The predicted octanol–water partition coefficient (Wildman–Crippen LogP) is 4.16. The van der Waals surface area contributed by atoms with Gasteiger partial charge in [-0.05, 0) is 48.6 Å². The number of rotatable bonds is 2. The average molecular weight is 418 g/mol. The molecule has 1 saturated heterocycles. The van der Waals surface area contributed by atoms with Gasteiger partial charge in [-0.2, -0.15) is 0 Å². The lowest BCUT2D eigenvalue weighted by molar-refractivity contribution is -0.123. The van der Waals surface area contributed by atoms with Gasteiger partial charge in [-0.1, -0.05) is 30.4 Å². The lowest BCUT2D eigenvalue weighted by Gasteiger charge is -2.17. The molecule has 4 atom stereocenters. The van der Waals surface area contributed by atoms with E-state index in [9.17, 15) is 9.59 Å². The summed E-state index contributed by atoms with van der Waals surface area (Å²) in [7, 11) is 0. The van der Waals surface area contributed by atoms with E-state index < -0.39 is 0 Å². The molecule has 1 aliphatic heterocycles. The molecule has 2 aromatic carbocycles. The van der Waals surface area contributed by atoms with Crippen LogP contribution in [0, 0.1) is 23.7 Å². The van der Waals surface area contributed by atoms with Gasteiger partial charge >= 0.3 is 0 Å². The Labute approximate surface area is 183 Å². The zero-order chi connectivity index (χ0) is 21.4. The number of pyridine rings is 1. The molecule has 2 amide bonds. The van der Waals surface area contributed by atoms with Gasteiger partial charge in [-0.3, -0.25) is 19.5 Å². The van der Waals surface area contributed by atoms with Gasteiger partial charge < -0.3 is 0 Å². The highest BCUT2D eigenvalue weighted by molar-refractivity contribution is 6.22. The fourth-order valence-electron chi connectivity index (χ4n) is 5.69. The molecule has 6 nitrogen and oxygen atoms in total. The molecule has 2 fully saturated rings. The molecular weight excluding hydrogens is 400 g/mol. The van der Waals surface area contributed by atoms with E-state index in [1.54, 1.807) is 12.4 Å². The van der Waals surface area contributed by atoms with Gasteiger partial charge in [-0.25, -0.2) is 9.97 Å². The van der Waals surface area contributed by atoms with Crippen molar-refractivity contribution in [3.8, 4) is 11.4 Å². The van der Waals surface area contributed by atoms with Crippen LogP contribution in [-0.2, 0) is 9.59 Å². The zero-order valence-corrected chi connectivity index (χ0v) is 17.1. The monoisotopic (exact) mass is 418 g/mol. The molecule has 32 heavy (non-hydrogen) atoms. The number of allylic oxidation sites excluding steroid dienone is 2. The van der Waals surface area contributed by atoms with Crippen molar-refractivity contribution in [1.82, 2.24) is 15.0 Å². The summed E-state index contributed by atoms with van der Waals surface area (Å²) >= 11 is 0. The number of aromatic nitrogens is 3. The Morgan fingerprint density at radius 1 is 0.781 bits per heavy atom. The summed E-state index contributed by atoms with van der Waals surface area (Å²) in [5.74, 6) is 0.484. The number of amides is 2. The van der Waals surface area contributed by atoms with Crippen LogP contribution >= 0.6 is 0 Å². The summed E-state index contributed by atoms with van der Waals surface area (Å²) in [6, 6.07) is 15.3. The summed E-state index contributed by atoms with van der Waals surface area (Å²) in [6.45, 7) is 0. The Balaban J connectivity index is 1.25. The van der Waals surface area contributed by atoms with Crippen molar-refractivity contribution in [1.29, 1.82) is 0 Å². The van der Waals surface area contributed by atoms with E-state index in [1.165, 1.54) is 4.90 Å². The number of hydrogen-bond donors (Lipinski definition) is 0. The topological polar surface area (TPSA) is 76.1 Å². The van der Waals surface area contributed by atoms with Crippen LogP contribution in [0.15, 0.2) is 73.1 Å². The third-order valence-corrected chi connectivity index (χ3v) is 7.18. The van der Waals surface area contributed by atoms with E-state index in [1.807, 2.05) is 48.5 Å². The minimum Gasteiger partial charge on any atom is -0.274 e. The van der Waals surface area contributed by atoms with Gasteiger partial charge in [0.05, 0.1) is 23.0 Å². The van der Waals surface area contributed by atoms with Crippen LogP contribution in [0.2, 0.25) is 0 Å².